The molecule has 2 aliphatic rings. The summed E-state index contributed by atoms with van der Waals surface area (Å²) in [7, 11) is 1.51. The molecule has 2 fully saturated rings. The zero-order valence-corrected chi connectivity index (χ0v) is 22.8. The van der Waals surface area contributed by atoms with Crippen molar-refractivity contribution in [1.82, 2.24) is 19.4 Å². The summed E-state index contributed by atoms with van der Waals surface area (Å²) in [5, 5.41) is 3.36. The van der Waals surface area contributed by atoms with E-state index in [-0.39, 0.29) is 60.0 Å². The van der Waals surface area contributed by atoms with Crippen LogP contribution in [0, 0.1) is 19.7 Å². The molecule has 2 aliphatic heterocycles. The summed E-state index contributed by atoms with van der Waals surface area (Å²) in [5.74, 6) is -0.500. The molecule has 4 heterocycles. The van der Waals surface area contributed by atoms with Crippen LogP contribution < -0.4 is 15.8 Å². The third kappa shape index (κ3) is 4.95. The number of carbonyl (C=O) groups is 1. The van der Waals surface area contributed by atoms with Gasteiger partial charge >= 0.3 is 6.03 Å². The number of pyridine rings is 2. The highest BCUT2D eigenvalue weighted by Crippen LogP contribution is 2.35. The maximum Gasteiger partial charge on any atom is 0.320 e. The molecule has 5 rings (SSSR count). The third-order valence-corrected chi connectivity index (χ3v) is 7.65. The quantitative estimate of drug-likeness (QED) is 0.459. The molecule has 0 aliphatic carbocycles. The highest BCUT2D eigenvalue weighted by molar-refractivity contribution is 5.90. The monoisotopic (exact) mass is 560 g/mol. The standard InChI is InChI=1S/C28H32F4N6O2/c1-15-11-19(17(3)34-21-6-5-16(2)33-24(21)25(31)32)22-20(12-15)27(39)35(4)26(23(22)30)36-7-9-37(10-8-36)28(40)38-13-18(29)14-38/h5-6,11-12,17-18,25,34H,7-10,13-14H2,1-4H3/t17-/m1/s1. The Bertz CT molecular complexity index is 1510. The molecule has 0 spiro atoms. The smallest absolute Gasteiger partial charge is 0.320 e. The molecule has 8 nitrogen and oxygen atoms in total. The predicted molar refractivity (Wildman–Crippen MR) is 146 cm³/mol. The maximum atomic E-state index is 16.4. The van der Waals surface area contributed by atoms with Gasteiger partial charge in [-0.25, -0.2) is 27.3 Å². The highest BCUT2D eigenvalue weighted by atomic mass is 19.3. The summed E-state index contributed by atoms with van der Waals surface area (Å²) >= 11 is 0. The van der Waals surface area contributed by atoms with Gasteiger partial charge in [0.1, 0.15) is 17.7 Å². The average Bonchev–Trinajstić information content (AvgIpc) is 2.90. The SMILES string of the molecule is Cc1cc([C@@H](C)Nc2ccc(C)nc2C(F)F)c2c(F)c(N3CCN(C(=O)N4CC(F)C4)CC3)n(C)c(=O)c2c1. The van der Waals surface area contributed by atoms with Crippen LogP contribution in [0.3, 0.4) is 0 Å². The van der Waals surface area contributed by atoms with Crippen LogP contribution in [-0.2, 0) is 7.05 Å². The number of hydrogen-bond acceptors (Lipinski definition) is 5. The summed E-state index contributed by atoms with van der Waals surface area (Å²) in [6, 6.07) is 5.63. The minimum absolute atomic E-state index is 0.0821. The predicted octanol–water partition coefficient (Wildman–Crippen LogP) is 4.70. The molecule has 0 unspecified atom stereocenters. The molecule has 3 aromatic rings. The Labute approximate surface area is 229 Å². The normalized spacial score (nSPS) is 17.0. The lowest BCUT2D eigenvalue weighted by Gasteiger charge is -2.42. The number of aromatic nitrogens is 2. The topological polar surface area (TPSA) is 73.7 Å². The lowest BCUT2D eigenvalue weighted by molar-refractivity contribution is 0.0668. The number of fused-ring (bicyclic) bond motifs is 1. The third-order valence-electron chi connectivity index (χ3n) is 7.65. The van der Waals surface area contributed by atoms with Crippen molar-refractivity contribution in [3.05, 3.63) is 63.0 Å². The van der Waals surface area contributed by atoms with Crippen LogP contribution in [0.1, 0.15) is 41.9 Å². The van der Waals surface area contributed by atoms with Crippen molar-refractivity contribution in [2.45, 2.75) is 39.4 Å². The van der Waals surface area contributed by atoms with Crippen molar-refractivity contribution < 1.29 is 22.4 Å². The number of alkyl halides is 3. The molecule has 0 bridgehead atoms. The summed E-state index contributed by atoms with van der Waals surface area (Å²) in [6.07, 6.45) is -3.80. The number of piperazine rings is 1. The molecule has 1 atom stereocenters. The van der Waals surface area contributed by atoms with Gasteiger partial charge in [0.2, 0.25) is 0 Å². The molecule has 2 amide bonds. The van der Waals surface area contributed by atoms with Crippen molar-refractivity contribution >= 4 is 28.3 Å². The van der Waals surface area contributed by atoms with E-state index in [1.54, 1.807) is 48.8 Å². The van der Waals surface area contributed by atoms with Crippen LogP contribution in [0.25, 0.3) is 10.8 Å². The minimum atomic E-state index is -2.80. The number of nitrogens with one attached hydrogen (secondary N) is 1. The molecule has 1 aromatic carbocycles. The molecule has 0 radical (unpaired) electrons. The van der Waals surface area contributed by atoms with E-state index < -0.39 is 30.2 Å². The van der Waals surface area contributed by atoms with E-state index in [0.29, 0.717) is 24.3 Å². The zero-order chi connectivity index (χ0) is 28.9. The van der Waals surface area contributed by atoms with Crippen LogP contribution in [0.4, 0.5) is 33.9 Å². The van der Waals surface area contributed by atoms with Crippen LogP contribution >= 0.6 is 0 Å². The van der Waals surface area contributed by atoms with Gasteiger partial charge in [-0.3, -0.25) is 9.36 Å². The lowest BCUT2D eigenvalue weighted by Crippen LogP contribution is -2.59. The van der Waals surface area contributed by atoms with Crippen LogP contribution in [0.15, 0.2) is 29.1 Å². The number of hydrogen-bond donors (Lipinski definition) is 1. The Balaban J connectivity index is 1.49. The molecule has 2 saturated heterocycles. The number of anilines is 2. The lowest BCUT2D eigenvalue weighted by atomic mass is 9.96. The van der Waals surface area contributed by atoms with Gasteiger partial charge in [-0.1, -0.05) is 6.07 Å². The van der Waals surface area contributed by atoms with E-state index in [4.69, 9.17) is 0 Å². The van der Waals surface area contributed by atoms with Crippen LogP contribution in [0.2, 0.25) is 0 Å². The number of rotatable bonds is 5. The number of benzene rings is 1. The molecule has 0 saturated carbocycles. The van der Waals surface area contributed by atoms with Crippen molar-refractivity contribution in [2.24, 2.45) is 7.05 Å². The fourth-order valence-corrected chi connectivity index (χ4v) is 5.52. The highest BCUT2D eigenvalue weighted by Gasteiger charge is 2.35. The molecule has 40 heavy (non-hydrogen) atoms. The van der Waals surface area contributed by atoms with E-state index in [0.717, 1.165) is 5.56 Å². The fraction of sp³-hybridized carbons (Fsp3) is 0.464. The first-order valence-electron chi connectivity index (χ1n) is 13.2. The maximum absolute atomic E-state index is 16.4. The van der Waals surface area contributed by atoms with Crippen LogP contribution in [0.5, 0.6) is 0 Å². The van der Waals surface area contributed by atoms with E-state index in [9.17, 15) is 22.8 Å². The summed E-state index contributed by atoms with van der Waals surface area (Å²) in [6.45, 7) is 6.48. The first-order chi connectivity index (χ1) is 19.0. The molecule has 12 heteroatoms. The second-order valence-electron chi connectivity index (χ2n) is 10.6. The van der Waals surface area contributed by atoms with E-state index in [1.165, 1.54) is 22.6 Å². The van der Waals surface area contributed by atoms with Gasteiger partial charge in [-0.2, -0.15) is 0 Å². The van der Waals surface area contributed by atoms with Gasteiger partial charge in [0.15, 0.2) is 5.82 Å². The summed E-state index contributed by atoms with van der Waals surface area (Å²) in [4.78, 5) is 34.8. The Morgan fingerprint density at radius 2 is 1.75 bits per heavy atom. The molecule has 1 N–H and O–H groups in total. The second kappa shape index (κ2) is 10.6. The van der Waals surface area contributed by atoms with Gasteiger partial charge in [-0.15, -0.1) is 0 Å². The number of likely N-dealkylation sites (tertiary alicyclic amines) is 1. The largest absolute Gasteiger partial charge is 0.377 e. The van der Waals surface area contributed by atoms with Crippen molar-refractivity contribution in [3.63, 3.8) is 0 Å². The van der Waals surface area contributed by atoms with Crippen molar-refractivity contribution in [2.75, 3.05) is 49.5 Å². The molecule has 214 valence electrons. The van der Waals surface area contributed by atoms with Gasteiger partial charge in [0.25, 0.3) is 12.0 Å². The van der Waals surface area contributed by atoms with Gasteiger partial charge in [0, 0.05) is 50.3 Å². The number of halogens is 4. The number of urea groups is 1. The number of nitrogens with zero attached hydrogens (tertiary/aromatic N) is 5. The van der Waals surface area contributed by atoms with E-state index >= 15 is 4.39 Å². The minimum Gasteiger partial charge on any atom is -0.377 e. The molecule has 2 aromatic heterocycles. The van der Waals surface area contributed by atoms with Gasteiger partial charge < -0.3 is 20.0 Å². The Morgan fingerprint density at radius 3 is 2.38 bits per heavy atom. The summed E-state index contributed by atoms with van der Waals surface area (Å²) < 4.78 is 58.3. The Morgan fingerprint density at radius 1 is 1.07 bits per heavy atom. The first kappa shape index (κ1) is 27.7. The number of carbonyl (C=O) groups excluding carboxylic acids is 1. The first-order valence-corrected chi connectivity index (χ1v) is 13.2. The van der Waals surface area contributed by atoms with Gasteiger partial charge in [0.05, 0.1) is 24.2 Å². The fourth-order valence-electron chi connectivity index (χ4n) is 5.52. The molecular weight excluding hydrogens is 528 g/mol. The zero-order valence-electron chi connectivity index (χ0n) is 22.8. The Hall–Kier alpha value is -3.83. The number of amides is 2. The average molecular weight is 561 g/mol. The second-order valence-corrected chi connectivity index (χ2v) is 10.6. The summed E-state index contributed by atoms with van der Waals surface area (Å²) in [5.41, 5.74) is 0.987. The van der Waals surface area contributed by atoms with E-state index in [2.05, 4.69) is 10.3 Å². The van der Waals surface area contributed by atoms with Crippen LogP contribution in [-0.4, -0.2) is 70.8 Å². The Kier molecular flexibility index (Phi) is 7.36. The van der Waals surface area contributed by atoms with Crippen molar-refractivity contribution in [3.8, 4) is 0 Å². The molecular formula is C28H32F4N6O2. The van der Waals surface area contributed by atoms with E-state index in [1.807, 2.05) is 0 Å². The van der Waals surface area contributed by atoms with Crippen molar-refractivity contribution in [1.29, 1.82) is 0 Å². The number of aryl methyl sites for hydroxylation is 2. The van der Waals surface area contributed by atoms with Gasteiger partial charge in [-0.05, 0) is 50.1 Å².